The minimum absolute atomic E-state index is 0.388. The van der Waals surface area contributed by atoms with Crippen LogP contribution >= 0.6 is 0 Å². The lowest BCUT2D eigenvalue weighted by Crippen LogP contribution is -2.45. The van der Waals surface area contributed by atoms with E-state index in [1.165, 1.54) is 5.57 Å². The average Bonchev–Trinajstić information content (AvgIpc) is 2.96. The van der Waals surface area contributed by atoms with Gasteiger partial charge in [0.15, 0.2) is 0 Å². The van der Waals surface area contributed by atoms with Crippen molar-refractivity contribution < 1.29 is 4.74 Å². The zero-order chi connectivity index (χ0) is 16.7. The Hall–Kier alpha value is -1.65. The van der Waals surface area contributed by atoms with Crippen molar-refractivity contribution in [1.82, 2.24) is 14.5 Å². The van der Waals surface area contributed by atoms with Crippen LogP contribution in [0.1, 0.15) is 32.0 Å². The molecule has 2 rings (SSSR count). The SMILES string of the molecule is C=CC[C@H]1CC(C)=C[C@H](CC=C)N1Cc1nccn1CCOC. The van der Waals surface area contributed by atoms with Crippen molar-refractivity contribution in [2.24, 2.45) is 0 Å². The molecule has 2 heterocycles. The van der Waals surface area contributed by atoms with Crippen molar-refractivity contribution in [3.63, 3.8) is 0 Å². The van der Waals surface area contributed by atoms with Crippen LogP contribution in [0.25, 0.3) is 0 Å². The molecule has 0 amide bonds. The number of nitrogens with zero attached hydrogens (tertiary/aromatic N) is 3. The first-order valence-electron chi connectivity index (χ1n) is 8.33. The van der Waals surface area contributed by atoms with Crippen LogP contribution in [0.2, 0.25) is 0 Å². The maximum Gasteiger partial charge on any atom is 0.122 e. The van der Waals surface area contributed by atoms with Crippen molar-refractivity contribution in [2.45, 2.75) is 51.4 Å². The average molecular weight is 315 g/mol. The highest BCUT2D eigenvalue weighted by Crippen LogP contribution is 2.28. The van der Waals surface area contributed by atoms with Gasteiger partial charge in [-0.3, -0.25) is 4.90 Å². The summed E-state index contributed by atoms with van der Waals surface area (Å²) < 4.78 is 7.38. The lowest BCUT2D eigenvalue weighted by atomic mass is 9.92. The second kappa shape index (κ2) is 8.85. The predicted molar refractivity (Wildman–Crippen MR) is 95.2 cm³/mol. The Labute approximate surface area is 140 Å². The zero-order valence-corrected chi connectivity index (χ0v) is 14.4. The summed E-state index contributed by atoms with van der Waals surface area (Å²) in [5.74, 6) is 1.10. The van der Waals surface area contributed by atoms with Crippen LogP contribution in [0, 0.1) is 0 Å². The third-order valence-corrected chi connectivity index (χ3v) is 4.44. The summed E-state index contributed by atoms with van der Waals surface area (Å²) in [5, 5.41) is 0. The van der Waals surface area contributed by atoms with Crippen molar-refractivity contribution in [2.75, 3.05) is 13.7 Å². The fourth-order valence-electron chi connectivity index (χ4n) is 3.33. The molecule has 23 heavy (non-hydrogen) atoms. The van der Waals surface area contributed by atoms with Gasteiger partial charge in [0.2, 0.25) is 0 Å². The summed E-state index contributed by atoms with van der Waals surface area (Å²) in [7, 11) is 1.73. The van der Waals surface area contributed by atoms with Crippen LogP contribution in [-0.4, -0.2) is 40.3 Å². The van der Waals surface area contributed by atoms with E-state index in [-0.39, 0.29) is 0 Å². The molecule has 0 aromatic carbocycles. The van der Waals surface area contributed by atoms with Gasteiger partial charge in [0.25, 0.3) is 0 Å². The van der Waals surface area contributed by atoms with Crippen LogP contribution in [0.15, 0.2) is 49.4 Å². The van der Waals surface area contributed by atoms with E-state index in [2.05, 4.69) is 40.6 Å². The topological polar surface area (TPSA) is 30.3 Å². The van der Waals surface area contributed by atoms with Gasteiger partial charge in [0.1, 0.15) is 5.82 Å². The van der Waals surface area contributed by atoms with E-state index in [0.29, 0.717) is 18.7 Å². The number of hydrogen-bond donors (Lipinski definition) is 0. The maximum absolute atomic E-state index is 5.20. The van der Waals surface area contributed by atoms with Gasteiger partial charge in [-0.1, -0.05) is 23.8 Å². The summed E-state index contributed by atoms with van der Waals surface area (Å²) in [5.41, 5.74) is 1.46. The van der Waals surface area contributed by atoms with E-state index >= 15 is 0 Å². The minimum Gasteiger partial charge on any atom is -0.383 e. The summed E-state index contributed by atoms with van der Waals surface area (Å²) >= 11 is 0. The van der Waals surface area contributed by atoms with Crippen molar-refractivity contribution >= 4 is 0 Å². The molecular weight excluding hydrogens is 286 g/mol. The summed E-state index contributed by atoms with van der Waals surface area (Å²) in [6.45, 7) is 12.5. The van der Waals surface area contributed by atoms with E-state index < -0.39 is 0 Å². The normalized spacial score (nSPS) is 21.9. The Morgan fingerprint density at radius 2 is 2.13 bits per heavy atom. The van der Waals surface area contributed by atoms with Gasteiger partial charge in [-0.05, 0) is 26.2 Å². The van der Waals surface area contributed by atoms with Gasteiger partial charge in [-0.15, -0.1) is 13.2 Å². The highest BCUT2D eigenvalue weighted by atomic mass is 16.5. The van der Waals surface area contributed by atoms with Gasteiger partial charge in [0.05, 0.1) is 13.2 Å². The van der Waals surface area contributed by atoms with Crippen molar-refractivity contribution in [1.29, 1.82) is 0 Å². The number of ether oxygens (including phenoxy) is 1. The van der Waals surface area contributed by atoms with E-state index in [0.717, 1.165) is 38.2 Å². The largest absolute Gasteiger partial charge is 0.383 e. The Balaban J connectivity index is 2.19. The molecule has 4 nitrogen and oxygen atoms in total. The Bertz CT molecular complexity index is 547. The molecular formula is C19H29N3O. The van der Waals surface area contributed by atoms with Gasteiger partial charge in [-0.25, -0.2) is 4.98 Å². The fourth-order valence-corrected chi connectivity index (χ4v) is 3.33. The van der Waals surface area contributed by atoms with E-state index in [1.807, 2.05) is 24.5 Å². The number of hydrogen-bond acceptors (Lipinski definition) is 3. The number of imidazole rings is 1. The van der Waals surface area contributed by atoms with Crippen LogP contribution in [0.3, 0.4) is 0 Å². The molecule has 1 aliphatic rings. The molecule has 4 heteroatoms. The number of rotatable bonds is 9. The van der Waals surface area contributed by atoms with Crippen LogP contribution in [0.4, 0.5) is 0 Å². The minimum atomic E-state index is 0.388. The van der Waals surface area contributed by atoms with E-state index in [9.17, 15) is 0 Å². The Morgan fingerprint density at radius 1 is 1.35 bits per heavy atom. The molecule has 0 radical (unpaired) electrons. The predicted octanol–water partition coefficient (Wildman–Crippen LogP) is 3.57. The first kappa shape index (κ1) is 17.7. The van der Waals surface area contributed by atoms with Gasteiger partial charge >= 0.3 is 0 Å². The fraction of sp³-hybridized carbons (Fsp3) is 0.526. The highest BCUT2D eigenvalue weighted by Gasteiger charge is 2.29. The third-order valence-electron chi connectivity index (χ3n) is 4.44. The van der Waals surface area contributed by atoms with E-state index in [4.69, 9.17) is 4.74 Å². The second-order valence-corrected chi connectivity index (χ2v) is 6.19. The number of methoxy groups -OCH3 is 1. The summed E-state index contributed by atoms with van der Waals surface area (Å²) in [6.07, 6.45) is 13.4. The van der Waals surface area contributed by atoms with Gasteiger partial charge in [0, 0.05) is 38.1 Å². The molecule has 1 aliphatic heterocycles. The molecule has 1 aromatic rings. The third kappa shape index (κ3) is 4.66. The molecule has 0 fully saturated rings. The van der Waals surface area contributed by atoms with Crippen LogP contribution < -0.4 is 0 Å². The number of aromatic nitrogens is 2. The first-order valence-corrected chi connectivity index (χ1v) is 8.33. The van der Waals surface area contributed by atoms with E-state index in [1.54, 1.807) is 7.11 Å². The lowest BCUT2D eigenvalue weighted by molar-refractivity contribution is 0.130. The van der Waals surface area contributed by atoms with Crippen molar-refractivity contribution in [3.05, 3.63) is 55.2 Å². The summed E-state index contributed by atoms with van der Waals surface area (Å²) in [4.78, 5) is 7.11. The molecule has 0 aliphatic carbocycles. The second-order valence-electron chi connectivity index (χ2n) is 6.19. The monoisotopic (exact) mass is 315 g/mol. The molecule has 0 bridgehead atoms. The molecule has 0 saturated carbocycles. The van der Waals surface area contributed by atoms with Crippen molar-refractivity contribution in [3.8, 4) is 0 Å². The highest BCUT2D eigenvalue weighted by molar-refractivity contribution is 5.14. The quantitative estimate of drug-likeness (QED) is 0.653. The standard InChI is InChI=1S/C19H29N3O/c1-5-7-17-13-16(3)14-18(8-6-2)22(17)15-19-20-9-10-21(19)11-12-23-4/h5-6,9-10,13,17-18H,1-2,7-8,11-12,14-15H2,3-4H3/t17-,18-/m0/s1. The molecule has 2 atom stereocenters. The maximum atomic E-state index is 5.20. The zero-order valence-electron chi connectivity index (χ0n) is 14.4. The Morgan fingerprint density at radius 3 is 2.83 bits per heavy atom. The Kier molecular flexibility index (Phi) is 6.81. The van der Waals surface area contributed by atoms with Crippen LogP contribution in [-0.2, 0) is 17.8 Å². The molecule has 0 spiro atoms. The first-order chi connectivity index (χ1) is 11.2. The van der Waals surface area contributed by atoms with Gasteiger partial charge in [-0.2, -0.15) is 0 Å². The lowest BCUT2D eigenvalue weighted by Gasteiger charge is -2.40. The molecule has 0 unspecified atom stereocenters. The summed E-state index contributed by atoms with van der Waals surface area (Å²) in [6, 6.07) is 0.869. The molecule has 0 saturated heterocycles. The smallest absolute Gasteiger partial charge is 0.122 e. The molecule has 126 valence electrons. The van der Waals surface area contributed by atoms with Crippen LogP contribution in [0.5, 0.6) is 0 Å². The van der Waals surface area contributed by atoms with Gasteiger partial charge < -0.3 is 9.30 Å². The molecule has 1 aromatic heterocycles. The molecule has 0 N–H and O–H groups in total.